The fourth-order valence-electron chi connectivity index (χ4n) is 3.07. The fourth-order valence-corrected chi connectivity index (χ4v) is 3.64. The van der Waals surface area contributed by atoms with Crippen LogP contribution in [0.3, 0.4) is 0 Å². The topological polar surface area (TPSA) is 42.8 Å². The van der Waals surface area contributed by atoms with Crippen LogP contribution in [0.25, 0.3) is 10.8 Å². The summed E-state index contributed by atoms with van der Waals surface area (Å²) in [5.74, 6) is -5.87. The van der Waals surface area contributed by atoms with Crippen LogP contribution >= 0.6 is 15.9 Å². The normalized spacial score (nSPS) is 12.8. The van der Waals surface area contributed by atoms with Crippen molar-refractivity contribution in [1.82, 2.24) is 5.43 Å². The zero-order valence-corrected chi connectivity index (χ0v) is 19.6. The predicted octanol–water partition coefficient (Wildman–Crippen LogP) is 7.29. The van der Waals surface area contributed by atoms with Crippen LogP contribution < -0.4 is 14.9 Å². The average molecular weight is 567 g/mol. The van der Waals surface area contributed by atoms with Crippen molar-refractivity contribution in [3.8, 4) is 11.5 Å². The van der Waals surface area contributed by atoms with Crippen LogP contribution in [0.4, 0.5) is 30.7 Å². The largest absolute Gasteiger partial charge is 0.490 e. The molecule has 0 saturated carbocycles. The highest BCUT2D eigenvalue weighted by atomic mass is 79.9. The number of nitrogens with zero attached hydrogens (tertiary/aromatic N) is 1. The summed E-state index contributed by atoms with van der Waals surface area (Å²) in [6, 6.07) is 10.4. The maximum absolute atomic E-state index is 13.4. The van der Waals surface area contributed by atoms with Gasteiger partial charge in [-0.2, -0.15) is 35.8 Å². The van der Waals surface area contributed by atoms with Crippen LogP contribution in [0.1, 0.15) is 18.1 Å². The van der Waals surface area contributed by atoms with Crippen LogP contribution in [-0.4, -0.2) is 31.0 Å². The molecule has 188 valence electrons. The molecule has 0 radical (unpaired) electrons. The Kier molecular flexibility index (Phi) is 7.83. The van der Waals surface area contributed by atoms with E-state index in [1.54, 1.807) is 6.92 Å². The van der Waals surface area contributed by atoms with E-state index in [2.05, 4.69) is 21.0 Å². The van der Waals surface area contributed by atoms with Gasteiger partial charge in [0.15, 0.2) is 11.5 Å². The predicted molar refractivity (Wildman–Crippen MR) is 120 cm³/mol. The highest BCUT2D eigenvalue weighted by Gasteiger charge is 2.73. The Hall–Kier alpha value is -3.02. The van der Waals surface area contributed by atoms with Crippen LogP contribution in [0.5, 0.6) is 11.5 Å². The molecule has 0 atom stereocenters. The van der Waals surface area contributed by atoms with Crippen molar-refractivity contribution < 1.29 is 40.2 Å². The summed E-state index contributed by atoms with van der Waals surface area (Å²) in [6.07, 6.45) is -5.81. The number of alkyl halides is 7. The van der Waals surface area contributed by atoms with Crippen molar-refractivity contribution in [2.75, 3.05) is 6.61 Å². The lowest BCUT2D eigenvalue weighted by molar-refractivity contribution is -0.361. The summed E-state index contributed by atoms with van der Waals surface area (Å²) in [6.45, 7) is 2.05. The summed E-state index contributed by atoms with van der Waals surface area (Å²) in [5.41, 5.74) is 1.54. The molecule has 0 amide bonds. The van der Waals surface area contributed by atoms with E-state index in [-0.39, 0.29) is 30.3 Å². The third kappa shape index (κ3) is 5.80. The Bertz CT molecular complexity index is 1210. The molecular formula is C23H18BrF7N2O2. The highest BCUT2D eigenvalue weighted by Crippen LogP contribution is 2.45. The number of hydrazone groups is 1. The van der Waals surface area contributed by atoms with Crippen LogP contribution in [-0.2, 0) is 6.61 Å². The smallest absolute Gasteiger partial charge is 0.462 e. The second-order valence-electron chi connectivity index (χ2n) is 7.21. The Morgan fingerprint density at radius 2 is 1.63 bits per heavy atom. The van der Waals surface area contributed by atoms with Gasteiger partial charge in [-0.3, -0.25) is 0 Å². The molecular weight excluding hydrogens is 549 g/mol. The molecule has 12 heteroatoms. The van der Waals surface area contributed by atoms with Gasteiger partial charge < -0.3 is 9.47 Å². The molecule has 3 rings (SSSR count). The van der Waals surface area contributed by atoms with Gasteiger partial charge in [0.2, 0.25) is 0 Å². The lowest BCUT2D eigenvalue weighted by Gasteiger charge is -2.27. The van der Waals surface area contributed by atoms with E-state index in [1.807, 2.05) is 42.5 Å². The van der Waals surface area contributed by atoms with E-state index >= 15 is 0 Å². The minimum absolute atomic E-state index is 0.0662. The number of halogens is 8. The summed E-state index contributed by atoms with van der Waals surface area (Å²) in [7, 11) is 0. The van der Waals surface area contributed by atoms with Crippen molar-refractivity contribution in [1.29, 1.82) is 0 Å². The molecule has 0 bridgehead atoms. The van der Waals surface area contributed by atoms with Crippen molar-refractivity contribution in [3.63, 3.8) is 0 Å². The molecule has 0 aliphatic carbocycles. The number of benzene rings is 3. The first-order valence-electron chi connectivity index (χ1n) is 10.1. The first-order valence-corrected chi connectivity index (χ1v) is 10.8. The first kappa shape index (κ1) is 26.6. The molecule has 35 heavy (non-hydrogen) atoms. The van der Waals surface area contributed by atoms with Gasteiger partial charge in [-0.1, -0.05) is 42.5 Å². The van der Waals surface area contributed by atoms with Gasteiger partial charge in [-0.05, 0) is 56.9 Å². The van der Waals surface area contributed by atoms with Gasteiger partial charge in [0.25, 0.3) is 0 Å². The second-order valence-corrected chi connectivity index (χ2v) is 8.06. The fraction of sp³-hybridized carbons (Fsp3) is 0.261. The van der Waals surface area contributed by atoms with Crippen molar-refractivity contribution in [2.24, 2.45) is 5.10 Å². The third-order valence-corrected chi connectivity index (χ3v) is 5.34. The van der Waals surface area contributed by atoms with E-state index in [9.17, 15) is 30.7 Å². The van der Waals surface area contributed by atoms with Gasteiger partial charge in [0.05, 0.1) is 17.3 Å². The molecule has 0 unspecified atom stereocenters. The van der Waals surface area contributed by atoms with Crippen molar-refractivity contribution in [3.05, 3.63) is 70.2 Å². The van der Waals surface area contributed by atoms with Crippen LogP contribution in [0.2, 0.25) is 0 Å². The van der Waals surface area contributed by atoms with E-state index in [0.29, 0.717) is 16.1 Å². The minimum Gasteiger partial charge on any atom is -0.490 e. The summed E-state index contributed by atoms with van der Waals surface area (Å²) < 4.78 is 101. The Morgan fingerprint density at radius 3 is 2.31 bits per heavy atom. The van der Waals surface area contributed by atoms with Gasteiger partial charge in [-0.15, -0.1) is 0 Å². The molecule has 0 aromatic heterocycles. The molecule has 3 aromatic carbocycles. The third-order valence-electron chi connectivity index (χ3n) is 4.75. The van der Waals surface area contributed by atoms with Gasteiger partial charge in [0, 0.05) is 0 Å². The number of hydrogen-bond acceptors (Lipinski definition) is 4. The maximum atomic E-state index is 13.4. The van der Waals surface area contributed by atoms with Gasteiger partial charge in [-0.25, -0.2) is 5.43 Å². The first-order chi connectivity index (χ1) is 16.4. The van der Waals surface area contributed by atoms with Crippen molar-refractivity contribution in [2.45, 2.75) is 31.7 Å². The van der Waals surface area contributed by atoms with Crippen molar-refractivity contribution >= 4 is 32.9 Å². The van der Waals surface area contributed by atoms with Gasteiger partial charge in [0.1, 0.15) is 6.61 Å². The van der Waals surface area contributed by atoms with E-state index in [1.165, 1.54) is 12.1 Å². The molecule has 0 aliphatic rings. The van der Waals surface area contributed by atoms with E-state index in [0.717, 1.165) is 16.3 Å². The van der Waals surface area contributed by atoms with Crippen LogP contribution in [0.15, 0.2) is 64.2 Å². The monoisotopic (exact) mass is 566 g/mol. The molecule has 0 saturated heterocycles. The van der Waals surface area contributed by atoms with E-state index in [4.69, 9.17) is 9.47 Å². The lowest BCUT2D eigenvalue weighted by atomic mass is 10.1. The van der Waals surface area contributed by atoms with Crippen LogP contribution in [0, 0.1) is 0 Å². The van der Waals surface area contributed by atoms with E-state index < -0.39 is 18.1 Å². The molecule has 4 nitrogen and oxygen atoms in total. The zero-order valence-electron chi connectivity index (χ0n) is 18.0. The molecule has 0 spiro atoms. The number of nitrogens with one attached hydrogen (secondary N) is 1. The Morgan fingerprint density at radius 1 is 0.943 bits per heavy atom. The lowest BCUT2D eigenvalue weighted by Crippen LogP contribution is -2.58. The molecule has 3 aromatic rings. The standard InChI is InChI=1S/C23H18BrF7N2O2/c1-2-34-19-11-14(12-32-33-23(30,31)21(25,26)22(27,28)29)10-18(24)20(19)35-13-16-8-5-7-15-6-3-4-9-17(15)16/h3-12,33H,2,13H2,1H3/b32-12-. The number of fused-ring (bicyclic) bond motifs is 1. The maximum Gasteiger partial charge on any atom is 0.462 e. The Labute approximate surface area is 203 Å². The second kappa shape index (κ2) is 10.3. The SMILES string of the molecule is CCOc1cc(/C=N\NC(F)(F)C(F)(F)C(F)(F)F)cc(Br)c1OCc1cccc2ccccc12. The summed E-state index contributed by atoms with van der Waals surface area (Å²) in [4.78, 5) is 0. The number of ether oxygens (including phenoxy) is 2. The molecule has 1 N–H and O–H groups in total. The zero-order chi connectivity index (χ0) is 25.9. The summed E-state index contributed by atoms with van der Waals surface area (Å²) in [5, 5.41) is 4.87. The molecule has 0 heterocycles. The Balaban J connectivity index is 1.81. The quantitative estimate of drug-likeness (QED) is 0.128. The van der Waals surface area contributed by atoms with Gasteiger partial charge >= 0.3 is 18.1 Å². The summed E-state index contributed by atoms with van der Waals surface area (Å²) >= 11 is 3.28. The molecule has 0 aliphatic heterocycles. The average Bonchev–Trinajstić information content (AvgIpc) is 2.78. The minimum atomic E-state index is -6.47. The number of rotatable bonds is 9. The highest BCUT2D eigenvalue weighted by molar-refractivity contribution is 9.10. The number of hydrogen-bond donors (Lipinski definition) is 1. The molecule has 0 fully saturated rings.